The van der Waals surface area contributed by atoms with E-state index in [9.17, 15) is 9.59 Å². The minimum absolute atomic E-state index is 0.0586. The number of nitrogens with zero attached hydrogens (tertiary/aromatic N) is 2. The second kappa shape index (κ2) is 7.80. The molecule has 2 amide bonds. The SMILES string of the molecule is O=C(C=Cc1cc(Cl)c2c(c1)OCCCO2)N1CCN(C(=O)C2CC2)CC1. The summed E-state index contributed by atoms with van der Waals surface area (Å²) in [7, 11) is 0. The Morgan fingerprint density at radius 3 is 2.48 bits per heavy atom. The van der Waals surface area contributed by atoms with Crippen LogP contribution in [0.3, 0.4) is 0 Å². The highest BCUT2D eigenvalue weighted by atomic mass is 35.5. The molecule has 2 fully saturated rings. The van der Waals surface area contributed by atoms with Crippen molar-refractivity contribution in [3.05, 3.63) is 28.8 Å². The Labute approximate surface area is 163 Å². The Morgan fingerprint density at radius 1 is 1.04 bits per heavy atom. The molecule has 1 aliphatic carbocycles. The van der Waals surface area contributed by atoms with E-state index < -0.39 is 0 Å². The zero-order valence-corrected chi connectivity index (χ0v) is 15.9. The molecule has 6 nitrogen and oxygen atoms in total. The first-order valence-electron chi connectivity index (χ1n) is 9.47. The lowest BCUT2D eigenvalue weighted by molar-refractivity contribution is -0.138. The van der Waals surface area contributed by atoms with E-state index in [4.69, 9.17) is 21.1 Å². The van der Waals surface area contributed by atoms with Crippen LogP contribution < -0.4 is 9.47 Å². The number of carbonyl (C=O) groups excluding carboxylic acids is 2. The van der Waals surface area contributed by atoms with Crippen molar-refractivity contribution in [1.82, 2.24) is 9.80 Å². The van der Waals surface area contributed by atoms with E-state index in [0.717, 1.165) is 24.8 Å². The molecule has 1 saturated carbocycles. The smallest absolute Gasteiger partial charge is 0.246 e. The van der Waals surface area contributed by atoms with Crippen LogP contribution >= 0.6 is 11.6 Å². The summed E-state index contributed by atoms with van der Waals surface area (Å²) in [6, 6.07) is 3.60. The average molecular weight is 391 g/mol. The van der Waals surface area contributed by atoms with E-state index in [0.29, 0.717) is 55.9 Å². The molecule has 7 heteroatoms. The number of piperazine rings is 1. The topological polar surface area (TPSA) is 59.1 Å². The molecule has 0 N–H and O–H groups in total. The van der Waals surface area contributed by atoms with Gasteiger partial charge in [-0.3, -0.25) is 9.59 Å². The molecule has 2 heterocycles. The zero-order chi connectivity index (χ0) is 18.8. The van der Waals surface area contributed by atoms with Crippen molar-refractivity contribution in [3.63, 3.8) is 0 Å². The van der Waals surface area contributed by atoms with Crippen LogP contribution in [0, 0.1) is 5.92 Å². The molecule has 0 atom stereocenters. The number of ether oxygens (including phenoxy) is 2. The quantitative estimate of drug-likeness (QED) is 0.744. The van der Waals surface area contributed by atoms with Crippen LogP contribution in [0.4, 0.5) is 0 Å². The fourth-order valence-electron chi connectivity index (χ4n) is 3.36. The average Bonchev–Trinajstić information content (AvgIpc) is 3.52. The van der Waals surface area contributed by atoms with E-state index in [1.807, 2.05) is 11.0 Å². The Kier molecular flexibility index (Phi) is 5.25. The number of rotatable bonds is 3. The lowest BCUT2D eigenvalue weighted by Crippen LogP contribution is -2.50. The number of hydrogen-bond acceptors (Lipinski definition) is 4. The van der Waals surface area contributed by atoms with Crippen molar-refractivity contribution in [2.24, 2.45) is 5.92 Å². The van der Waals surface area contributed by atoms with Crippen molar-refractivity contribution in [2.45, 2.75) is 19.3 Å². The van der Waals surface area contributed by atoms with Crippen LogP contribution in [0.25, 0.3) is 6.08 Å². The number of carbonyl (C=O) groups is 2. The van der Waals surface area contributed by atoms with Crippen LogP contribution in [-0.2, 0) is 9.59 Å². The van der Waals surface area contributed by atoms with Crippen LogP contribution in [0.5, 0.6) is 11.5 Å². The molecule has 0 radical (unpaired) electrons. The minimum atomic E-state index is -0.0586. The minimum Gasteiger partial charge on any atom is -0.489 e. The number of amides is 2. The van der Waals surface area contributed by atoms with Gasteiger partial charge in [-0.15, -0.1) is 0 Å². The van der Waals surface area contributed by atoms with Crippen molar-refractivity contribution < 1.29 is 19.1 Å². The van der Waals surface area contributed by atoms with Gasteiger partial charge >= 0.3 is 0 Å². The van der Waals surface area contributed by atoms with Crippen molar-refractivity contribution in [1.29, 1.82) is 0 Å². The highest BCUT2D eigenvalue weighted by Crippen LogP contribution is 2.38. The molecular weight excluding hydrogens is 368 g/mol. The fourth-order valence-corrected chi connectivity index (χ4v) is 3.63. The summed E-state index contributed by atoms with van der Waals surface area (Å²) < 4.78 is 11.3. The van der Waals surface area contributed by atoms with E-state index in [1.165, 1.54) is 0 Å². The molecule has 4 rings (SSSR count). The van der Waals surface area contributed by atoms with Crippen LogP contribution in [-0.4, -0.2) is 61.0 Å². The second-order valence-electron chi connectivity index (χ2n) is 7.14. The Balaban J connectivity index is 1.37. The van der Waals surface area contributed by atoms with E-state index >= 15 is 0 Å². The van der Waals surface area contributed by atoms with Gasteiger partial charge in [0.15, 0.2) is 11.5 Å². The maximum absolute atomic E-state index is 12.5. The van der Waals surface area contributed by atoms with Gasteiger partial charge in [0.1, 0.15) is 0 Å². The van der Waals surface area contributed by atoms with E-state index in [1.54, 1.807) is 23.1 Å². The van der Waals surface area contributed by atoms with Crippen LogP contribution in [0.1, 0.15) is 24.8 Å². The third-order valence-electron chi connectivity index (χ3n) is 5.07. The lowest BCUT2D eigenvalue weighted by atomic mass is 10.1. The highest BCUT2D eigenvalue weighted by molar-refractivity contribution is 6.32. The van der Waals surface area contributed by atoms with Crippen molar-refractivity contribution in [3.8, 4) is 11.5 Å². The number of benzene rings is 1. The second-order valence-corrected chi connectivity index (χ2v) is 7.55. The van der Waals surface area contributed by atoms with Gasteiger partial charge in [0.2, 0.25) is 11.8 Å². The number of halogens is 1. The Hall–Kier alpha value is -2.21. The van der Waals surface area contributed by atoms with Gasteiger partial charge in [-0.25, -0.2) is 0 Å². The van der Waals surface area contributed by atoms with E-state index in [2.05, 4.69) is 0 Å². The molecule has 0 bridgehead atoms. The van der Waals surface area contributed by atoms with Crippen LogP contribution in [0.2, 0.25) is 5.02 Å². The molecule has 27 heavy (non-hydrogen) atoms. The van der Waals surface area contributed by atoms with Gasteiger partial charge in [0, 0.05) is 44.6 Å². The van der Waals surface area contributed by atoms with Gasteiger partial charge in [-0.1, -0.05) is 11.6 Å². The first-order chi connectivity index (χ1) is 13.1. The normalized spacial score (nSPS) is 19.9. The maximum atomic E-state index is 12.5. The summed E-state index contributed by atoms with van der Waals surface area (Å²) in [5.41, 5.74) is 0.792. The first-order valence-corrected chi connectivity index (χ1v) is 9.84. The monoisotopic (exact) mass is 390 g/mol. The number of hydrogen-bond donors (Lipinski definition) is 0. The summed E-state index contributed by atoms with van der Waals surface area (Å²) in [4.78, 5) is 28.2. The molecule has 2 aliphatic heterocycles. The third-order valence-corrected chi connectivity index (χ3v) is 5.35. The summed E-state index contributed by atoms with van der Waals surface area (Å²) in [5.74, 6) is 1.60. The predicted molar refractivity (Wildman–Crippen MR) is 102 cm³/mol. The van der Waals surface area contributed by atoms with Gasteiger partial charge in [0.25, 0.3) is 0 Å². The molecule has 0 unspecified atom stereocenters. The maximum Gasteiger partial charge on any atom is 0.246 e. The zero-order valence-electron chi connectivity index (χ0n) is 15.2. The molecule has 1 aromatic carbocycles. The summed E-state index contributed by atoms with van der Waals surface area (Å²) in [5, 5.41) is 0.480. The first kappa shape index (κ1) is 18.2. The fraction of sp³-hybridized carbons (Fsp3) is 0.500. The molecule has 0 spiro atoms. The third kappa shape index (κ3) is 4.21. The molecule has 1 aromatic rings. The Bertz CT molecular complexity index is 767. The van der Waals surface area contributed by atoms with Gasteiger partial charge in [0.05, 0.1) is 18.2 Å². The van der Waals surface area contributed by atoms with E-state index in [-0.39, 0.29) is 17.7 Å². The standard InChI is InChI=1S/C20H23ClN2O4/c21-16-12-14(13-17-19(16)27-11-1-10-26-17)2-5-18(24)22-6-8-23(9-7-22)20(25)15-3-4-15/h2,5,12-13,15H,1,3-4,6-11H2. The van der Waals surface area contributed by atoms with Crippen LogP contribution in [0.15, 0.2) is 18.2 Å². The Morgan fingerprint density at radius 2 is 1.74 bits per heavy atom. The molecule has 0 aromatic heterocycles. The number of fused-ring (bicyclic) bond motifs is 1. The summed E-state index contributed by atoms with van der Waals surface area (Å²) >= 11 is 6.29. The van der Waals surface area contributed by atoms with Crippen molar-refractivity contribution >= 4 is 29.5 Å². The molecular formula is C20H23ClN2O4. The largest absolute Gasteiger partial charge is 0.489 e. The summed E-state index contributed by atoms with van der Waals surface area (Å²) in [6.45, 7) is 3.54. The summed E-state index contributed by atoms with van der Waals surface area (Å²) in [6.07, 6.45) is 6.12. The van der Waals surface area contributed by atoms with Crippen molar-refractivity contribution in [2.75, 3.05) is 39.4 Å². The van der Waals surface area contributed by atoms with Gasteiger partial charge in [-0.05, 0) is 36.6 Å². The molecule has 144 valence electrons. The van der Waals surface area contributed by atoms with Gasteiger partial charge in [-0.2, -0.15) is 0 Å². The van der Waals surface area contributed by atoms with Gasteiger partial charge < -0.3 is 19.3 Å². The predicted octanol–water partition coefficient (Wildman–Crippen LogP) is 2.60. The molecule has 3 aliphatic rings. The highest BCUT2D eigenvalue weighted by Gasteiger charge is 2.34. The lowest BCUT2D eigenvalue weighted by Gasteiger charge is -2.34. The molecule has 1 saturated heterocycles.